The number of carboxylic acids is 1. The van der Waals surface area contributed by atoms with Crippen LogP contribution in [0.1, 0.15) is 36.0 Å². The number of hydrogen-bond donors (Lipinski definition) is 1. The maximum Gasteiger partial charge on any atom is 0.354 e. The van der Waals surface area contributed by atoms with E-state index in [-0.39, 0.29) is 17.6 Å². The molecular formula is C23H20FNO5. The molecule has 1 aromatic heterocycles. The van der Waals surface area contributed by atoms with Gasteiger partial charge in [-0.3, -0.25) is 0 Å². The first-order chi connectivity index (χ1) is 14.3. The topological polar surface area (TPSA) is 77.9 Å². The highest BCUT2D eigenvalue weighted by Gasteiger charge is 2.34. The van der Waals surface area contributed by atoms with Crippen molar-refractivity contribution in [3.8, 4) is 22.8 Å². The third-order valence-corrected chi connectivity index (χ3v) is 4.65. The van der Waals surface area contributed by atoms with Gasteiger partial charge in [-0.05, 0) is 80.1 Å². The quantitative estimate of drug-likeness (QED) is 0.624. The van der Waals surface area contributed by atoms with Crippen molar-refractivity contribution in [3.05, 3.63) is 77.7 Å². The van der Waals surface area contributed by atoms with E-state index in [1.807, 2.05) is 13.8 Å². The first-order valence-corrected chi connectivity index (χ1v) is 9.40. The molecule has 0 amide bonds. The molecule has 2 heterocycles. The van der Waals surface area contributed by atoms with Gasteiger partial charge in [-0.1, -0.05) is 0 Å². The maximum absolute atomic E-state index is 13.0. The molecule has 0 aliphatic carbocycles. The van der Waals surface area contributed by atoms with Gasteiger partial charge in [0.2, 0.25) is 0 Å². The van der Waals surface area contributed by atoms with Gasteiger partial charge in [-0.15, -0.1) is 0 Å². The second kappa shape index (κ2) is 7.85. The van der Waals surface area contributed by atoms with E-state index in [2.05, 4.69) is 4.98 Å². The summed E-state index contributed by atoms with van der Waals surface area (Å²) in [5, 5.41) is 9.47. The molecular weight excluding hydrogens is 389 g/mol. The smallest absolute Gasteiger partial charge is 0.354 e. The molecule has 0 saturated carbocycles. The summed E-state index contributed by atoms with van der Waals surface area (Å²) >= 11 is 0. The lowest BCUT2D eigenvalue weighted by atomic mass is 10.0. The van der Waals surface area contributed by atoms with Crippen LogP contribution in [-0.4, -0.2) is 28.5 Å². The Balaban J connectivity index is 1.61. The van der Waals surface area contributed by atoms with Gasteiger partial charge in [0.1, 0.15) is 29.1 Å². The molecule has 0 radical (unpaired) electrons. The van der Waals surface area contributed by atoms with Gasteiger partial charge < -0.3 is 19.3 Å². The van der Waals surface area contributed by atoms with Crippen molar-refractivity contribution in [2.75, 3.05) is 6.61 Å². The van der Waals surface area contributed by atoms with Crippen LogP contribution in [0.15, 0.2) is 60.7 Å². The minimum atomic E-state index is -1.12. The van der Waals surface area contributed by atoms with Gasteiger partial charge >= 0.3 is 5.97 Å². The fraction of sp³-hybridized carbons (Fsp3) is 0.217. The number of aromatic nitrogens is 1. The second-order valence-corrected chi connectivity index (χ2v) is 7.37. The van der Waals surface area contributed by atoms with Gasteiger partial charge in [-0.25, -0.2) is 14.2 Å². The minimum absolute atomic E-state index is 0.0672. The SMILES string of the molecule is CC1(C)OC[C@H](c2cc(C(=O)O)nc(-c3ccc(Oc4ccc(F)cc4)cc3)c2)O1. The predicted octanol–water partition coefficient (Wildman–Crippen LogP) is 5.20. The van der Waals surface area contributed by atoms with Crippen LogP contribution >= 0.6 is 0 Å². The van der Waals surface area contributed by atoms with Crippen molar-refractivity contribution >= 4 is 5.97 Å². The van der Waals surface area contributed by atoms with Gasteiger partial charge in [0.15, 0.2) is 5.79 Å². The fourth-order valence-corrected chi connectivity index (χ4v) is 3.18. The molecule has 3 aromatic rings. The molecule has 0 unspecified atom stereocenters. The van der Waals surface area contributed by atoms with E-state index in [0.29, 0.717) is 29.4 Å². The van der Waals surface area contributed by atoms with Crippen molar-refractivity contribution in [2.45, 2.75) is 25.7 Å². The molecule has 1 atom stereocenters. The van der Waals surface area contributed by atoms with E-state index in [1.54, 1.807) is 42.5 Å². The van der Waals surface area contributed by atoms with E-state index >= 15 is 0 Å². The largest absolute Gasteiger partial charge is 0.477 e. The average molecular weight is 409 g/mol. The van der Waals surface area contributed by atoms with Crippen LogP contribution < -0.4 is 4.74 Å². The van der Waals surface area contributed by atoms with E-state index in [0.717, 1.165) is 5.56 Å². The standard InChI is InChI=1S/C23H20FNO5/c1-23(2)28-13-21(30-23)15-11-19(25-20(12-15)22(26)27)14-3-7-17(8-4-14)29-18-9-5-16(24)6-10-18/h3-12,21H,13H2,1-2H3,(H,26,27)/t21-/m1/s1. The first-order valence-electron chi connectivity index (χ1n) is 9.40. The number of carbonyl (C=O) groups is 1. The molecule has 0 bridgehead atoms. The Hall–Kier alpha value is -3.29. The van der Waals surface area contributed by atoms with Crippen LogP contribution in [0.4, 0.5) is 4.39 Å². The van der Waals surface area contributed by atoms with Gasteiger partial charge in [0.05, 0.1) is 12.3 Å². The summed E-state index contributed by atoms with van der Waals surface area (Å²) in [6.45, 7) is 3.96. The number of halogens is 1. The Labute approximate surface area is 172 Å². The second-order valence-electron chi connectivity index (χ2n) is 7.37. The third kappa shape index (κ3) is 4.48. The summed E-state index contributed by atoms with van der Waals surface area (Å²) in [5.41, 5.74) is 1.85. The molecule has 2 aromatic carbocycles. The average Bonchev–Trinajstić information content (AvgIpc) is 3.10. The number of ether oxygens (including phenoxy) is 3. The highest BCUT2D eigenvalue weighted by Crippen LogP contribution is 2.35. The van der Waals surface area contributed by atoms with Crippen molar-refractivity contribution in [2.24, 2.45) is 0 Å². The van der Waals surface area contributed by atoms with Crippen molar-refractivity contribution in [1.82, 2.24) is 4.98 Å². The summed E-state index contributed by atoms with van der Waals surface area (Å²) in [6.07, 6.45) is -0.374. The highest BCUT2D eigenvalue weighted by molar-refractivity contribution is 5.86. The van der Waals surface area contributed by atoms with E-state index in [4.69, 9.17) is 14.2 Å². The molecule has 30 heavy (non-hydrogen) atoms. The molecule has 1 fully saturated rings. The Morgan fingerprint density at radius 2 is 1.73 bits per heavy atom. The lowest BCUT2D eigenvalue weighted by molar-refractivity contribution is -0.139. The Morgan fingerprint density at radius 1 is 1.10 bits per heavy atom. The van der Waals surface area contributed by atoms with Crippen LogP contribution in [0.25, 0.3) is 11.3 Å². The fourth-order valence-electron chi connectivity index (χ4n) is 3.18. The van der Waals surface area contributed by atoms with Crippen LogP contribution in [-0.2, 0) is 9.47 Å². The molecule has 1 aliphatic heterocycles. The number of benzene rings is 2. The van der Waals surface area contributed by atoms with Gasteiger partial charge in [-0.2, -0.15) is 0 Å². The van der Waals surface area contributed by atoms with E-state index in [1.165, 1.54) is 18.2 Å². The molecule has 154 valence electrons. The molecule has 1 N–H and O–H groups in total. The highest BCUT2D eigenvalue weighted by atomic mass is 19.1. The van der Waals surface area contributed by atoms with E-state index < -0.39 is 11.8 Å². The lowest BCUT2D eigenvalue weighted by Gasteiger charge is -2.17. The van der Waals surface area contributed by atoms with Crippen LogP contribution in [0.3, 0.4) is 0 Å². The molecule has 1 saturated heterocycles. The zero-order chi connectivity index (χ0) is 21.3. The van der Waals surface area contributed by atoms with Crippen molar-refractivity contribution in [3.63, 3.8) is 0 Å². The zero-order valence-corrected chi connectivity index (χ0v) is 16.5. The first kappa shape index (κ1) is 20.0. The van der Waals surface area contributed by atoms with Crippen LogP contribution in [0.2, 0.25) is 0 Å². The summed E-state index contributed by atoms with van der Waals surface area (Å²) in [5.74, 6) is -1.10. The summed E-state index contributed by atoms with van der Waals surface area (Å²) in [7, 11) is 0. The number of nitrogens with zero attached hydrogens (tertiary/aromatic N) is 1. The summed E-state index contributed by atoms with van der Waals surface area (Å²) < 4.78 is 30.2. The normalized spacial score (nSPS) is 17.6. The molecule has 1 aliphatic rings. The number of rotatable bonds is 5. The maximum atomic E-state index is 13.0. The summed E-state index contributed by atoms with van der Waals surface area (Å²) in [6, 6.07) is 16.1. The van der Waals surface area contributed by atoms with Crippen LogP contribution in [0.5, 0.6) is 11.5 Å². The molecule has 7 heteroatoms. The molecule has 6 nitrogen and oxygen atoms in total. The van der Waals surface area contributed by atoms with Crippen LogP contribution in [0, 0.1) is 5.82 Å². The number of carboxylic acid groups (broad SMARTS) is 1. The summed E-state index contributed by atoms with van der Waals surface area (Å²) in [4.78, 5) is 15.8. The monoisotopic (exact) mass is 409 g/mol. The number of pyridine rings is 1. The number of hydrogen-bond acceptors (Lipinski definition) is 5. The zero-order valence-electron chi connectivity index (χ0n) is 16.5. The van der Waals surface area contributed by atoms with E-state index in [9.17, 15) is 14.3 Å². The Kier molecular flexibility index (Phi) is 5.24. The Morgan fingerprint density at radius 3 is 2.30 bits per heavy atom. The minimum Gasteiger partial charge on any atom is -0.477 e. The predicted molar refractivity (Wildman–Crippen MR) is 107 cm³/mol. The lowest BCUT2D eigenvalue weighted by Crippen LogP contribution is -2.19. The van der Waals surface area contributed by atoms with Gasteiger partial charge in [0, 0.05) is 5.56 Å². The molecule has 0 spiro atoms. The molecule has 4 rings (SSSR count). The van der Waals surface area contributed by atoms with Crippen molar-refractivity contribution in [1.29, 1.82) is 0 Å². The van der Waals surface area contributed by atoms with Crippen molar-refractivity contribution < 1.29 is 28.5 Å². The third-order valence-electron chi connectivity index (χ3n) is 4.65. The number of aromatic carboxylic acids is 1. The Bertz CT molecular complexity index is 1060. The van der Waals surface area contributed by atoms with Gasteiger partial charge in [0.25, 0.3) is 0 Å².